The number of aromatic nitrogens is 3. The van der Waals surface area contributed by atoms with Crippen molar-refractivity contribution in [1.29, 1.82) is 0 Å². The van der Waals surface area contributed by atoms with Crippen LogP contribution in [0.4, 0.5) is 0 Å². The molecule has 6 heteroatoms. The number of nitrogens with one attached hydrogen (secondary N) is 1. The van der Waals surface area contributed by atoms with Gasteiger partial charge < -0.3 is 14.8 Å². The van der Waals surface area contributed by atoms with Crippen molar-refractivity contribution >= 4 is 17.3 Å². The molecule has 0 aliphatic carbocycles. The van der Waals surface area contributed by atoms with E-state index in [-0.39, 0.29) is 12.1 Å². The van der Waals surface area contributed by atoms with Gasteiger partial charge in [-0.15, -0.1) is 0 Å². The van der Waals surface area contributed by atoms with Crippen LogP contribution in [0.1, 0.15) is 53.6 Å². The molecule has 1 aliphatic rings. The normalized spacial score (nSPS) is 18.9. The maximum Gasteiger partial charge on any atom is 0.170 e. The maximum absolute atomic E-state index is 5.72. The highest BCUT2D eigenvalue weighted by molar-refractivity contribution is 7.80. The Labute approximate surface area is 177 Å². The Balaban J connectivity index is 1.75. The van der Waals surface area contributed by atoms with E-state index in [9.17, 15) is 0 Å². The first-order chi connectivity index (χ1) is 14.1. The lowest BCUT2D eigenvalue weighted by Crippen LogP contribution is -2.30. The van der Waals surface area contributed by atoms with Gasteiger partial charge in [0, 0.05) is 43.1 Å². The summed E-state index contributed by atoms with van der Waals surface area (Å²) in [5, 5.41) is 4.34. The van der Waals surface area contributed by atoms with Crippen molar-refractivity contribution in [3.8, 4) is 0 Å². The van der Waals surface area contributed by atoms with Crippen LogP contribution in [0.2, 0.25) is 0 Å². The van der Waals surface area contributed by atoms with Gasteiger partial charge in [-0.25, -0.2) is 0 Å². The van der Waals surface area contributed by atoms with E-state index in [2.05, 4.69) is 63.7 Å². The van der Waals surface area contributed by atoms with Gasteiger partial charge >= 0.3 is 0 Å². The summed E-state index contributed by atoms with van der Waals surface area (Å²) in [6.45, 7) is 8.32. The van der Waals surface area contributed by atoms with Gasteiger partial charge in [0.05, 0.1) is 17.8 Å². The summed E-state index contributed by atoms with van der Waals surface area (Å²) in [6.07, 6.45) is 6.65. The van der Waals surface area contributed by atoms with Gasteiger partial charge in [0.15, 0.2) is 5.11 Å². The zero-order valence-corrected chi connectivity index (χ0v) is 18.0. The molecule has 4 heterocycles. The molecule has 0 radical (unpaired) electrons. The zero-order chi connectivity index (χ0) is 20.4. The fourth-order valence-corrected chi connectivity index (χ4v) is 4.60. The van der Waals surface area contributed by atoms with Crippen molar-refractivity contribution in [1.82, 2.24) is 24.8 Å². The average molecular weight is 406 g/mol. The summed E-state index contributed by atoms with van der Waals surface area (Å²) in [7, 11) is 0. The molecule has 0 aromatic carbocycles. The van der Waals surface area contributed by atoms with E-state index in [4.69, 9.17) is 12.2 Å². The van der Waals surface area contributed by atoms with Crippen LogP contribution in [0, 0.1) is 13.8 Å². The Kier molecular flexibility index (Phi) is 5.62. The molecule has 1 N–H and O–H groups in total. The minimum absolute atomic E-state index is 0.0441. The van der Waals surface area contributed by atoms with E-state index in [1.807, 2.05) is 36.8 Å². The molecule has 0 bridgehead atoms. The highest BCUT2D eigenvalue weighted by Gasteiger charge is 2.40. The molecule has 0 unspecified atom stereocenters. The third-order valence-corrected chi connectivity index (χ3v) is 6.01. The van der Waals surface area contributed by atoms with Crippen LogP contribution in [0.3, 0.4) is 0 Å². The number of nitrogens with zero attached hydrogens (tertiary/aromatic N) is 4. The van der Waals surface area contributed by atoms with Gasteiger partial charge in [0.25, 0.3) is 0 Å². The van der Waals surface area contributed by atoms with Crippen LogP contribution in [-0.4, -0.2) is 31.1 Å². The lowest BCUT2D eigenvalue weighted by atomic mass is 9.96. The molecule has 1 fully saturated rings. The second-order valence-corrected chi connectivity index (χ2v) is 7.98. The van der Waals surface area contributed by atoms with E-state index in [1.54, 1.807) is 0 Å². The van der Waals surface area contributed by atoms with Gasteiger partial charge in [-0.05, 0) is 67.9 Å². The molecule has 150 valence electrons. The summed E-state index contributed by atoms with van der Waals surface area (Å²) in [4.78, 5) is 11.2. The van der Waals surface area contributed by atoms with E-state index in [0.29, 0.717) is 0 Å². The van der Waals surface area contributed by atoms with Crippen molar-refractivity contribution in [3.05, 3.63) is 83.2 Å². The van der Waals surface area contributed by atoms with E-state index in [1.165, 1.54) is 22.5 Å². The van der Waals surface area contributed by atoms with Crippen molar-refractivity contribution in [2.24, 2.45) is 0 Å². The molecule has 0 amide bonds. The smallest absolute Gasteiger partial charge is 0.170 e. The van der Waals surface area contributed by atoms with Gasteiger partial charge in [-0.2, -0.15) is 0 Å². The predicted molar refractivity (Wildman–Crippen MR) is 120 cm³/mol. The van der Waals surface area contributed by atoms with E-state index in [0.717, 1.165) is 30.3 Å². The second kappa shape index (κ2) is 8.33. The zero-order valence-electron chi connectivity index (χ0n) is 17.2. The highest BCUT2D eigenvalue weighted by Crippen LogP contribution is 2.40. The van der Waals surface area contributed by atoms with Crippen LogP contribution in [0.25, 0.3) is 0 Å². The lowest BCUT2D eigenvalue weighted by Gasteiger charge is -2.27. The number of hydrogen-bond donors (Lipinski definition) is 1. The van der Waals surface area contributed by atoms with Crippen molar-refractivity contribution < 1.29 is 0 Å². The van der Waals surface area contributed by atoms with Crippen molar-refractivity contribution in [2.75, 3.05) is 6.54 Å². The number of pyridine rings is 2. The Morgan fingerprint density at radius 3 is 2.69 bits per heavy atom. The van der Waals surface area contributed by atoms with Crippen LogP contribution >= 0.6 is 12.2 Å². The Morgan fingerprint density at radius 1 is 1.14 bits per heavy atom. The number of aryl methyl sites for hydroxylation is 1. The fraction of sp³-hybridized carbons (Fsp3) is 0.348. The Morgan fingerprint density at radius 2 is 2.00 bits per heavy atom. The standard InChI is InChI=1S/C23H27N5S/c1-4-12-27-22(21(26-23(27)29)20-9-5-6-11-25-20)19-13-16(2)28(17(19)3)15-18-8-7-10-24-14-18/h5-11,13-14,21-22H,4,12,15H2,1-3H3,(H,26,29)/t21-,22+/m1/s1. The molecule has 0 spiro atoms. The predicted octanol–water partition coefficient (Wildman–Crippen LogP) is 4.33. The summed E-state index contributed by atoms with van der Waals surface area (Å²) in [6, 6.07) is 12.7. The third-order valence-electron chi connectivity index (χ3n) is 5.66. The summed E-state index contributed by atoms with van der Waals surface area (Å²) in [5.41, 5.74) is 6.05. The minimum atomic E-state index is 0.0441. The molecule has 0 saturated carbocycles. The van der Waals surface area contributed by atoms with Crippen molar-refractivity contribution in [3.63, 3.8) is 0 Å². The van der Waals surface area contributed by atoms with Gasteiger partial charge in [0.2, 0.25) is 0 Å². The summed E-state index contributed by atoms with van der Waals surface area (Å²) in [5.74, 6) is 0. The number of thiocarbonyl (C=S) groups is 1. The Bertz CT molecular complexity index is 983. The molecule has 4 rings (SSSR count). The average Bonchev–Trinajstić information content (AvgIpc) is 3.21. The molecule has 5 nitrogen and oxygen atoms in total. The monoisotopic (exact) mass is 405 g/mol. The molecule has 29 heavy (non-hydrogen) atoms. The second-order valence-electron chi connectivity index (χ2n) is 7.59. The Hall–Kier alpha value is -2.73. The van der Waals surface area contributed by atoms with Crippen LogP contribution in [-0.2, 0) is 6.54 Å². The molecular weight excluding hydrogens is 378 g/mol. The van der Waals surface area contributed by atoms with E-state index >= 15 is 0 Å². The van der Waals surface area contributed by atoms with Crippen LogP contribution < -0.4 is 5.32 Å². The minimum Gasteiger partial charge on any atom is -0.352 e. The molecule has 2 atom stereocenters. The highest BCUT2D eigenvalue weighted by atomic mass is 32.1. The SMILES string of the molecule is CCCN1C(=S)N[C@H](c2ccccn2)[C@@H]1c1cc(C)n(Cc2cccnc2)c1C. The van der Waals surface area contributed by atoms with Crippen molar-refractivity contribution in [2.45, 2.75) is 45.8 Å². The van der Waals surface area contributed by atoms with Gasteiger partial charge in [-0.3, -0.25) is 9.97 Å². The quantitative estimate of drug-likeness (QED) is 0.619. The molecule has 3 aromatic heterocycles. The molecule has 3 aromatic rings. The maximum atomic E-state index is 5.72. The first-order valence-electron chi connectivity index (χ1n) is 10.1. The summed E-state index contributed by atoms with van der Waals surface area (Å²) >= 11 is 5.72. The van der Waals surface area contributed by atoms with Crippen LogP contribution in [0.5, 0.6) is 0 Å². The largest absolute Gasteiger partial charge is 0.352 e. The third kappa shape index (κ3) is 3.77. The first kappa shape index (κ1) is 19.6. The van der Waals surface area contributed by atoms with E-state index < -0.39 is 0 Å². The number of hydrogen-bond acceptors (Lipinski definition) is 3. The van der Waals surface area contributed by atoms with Gasteiger partial charge in [-0.1, -0.05) is 19.1 Å². The molecule has 1 aliphatic heterocycles. The first-order valence-corrected chi connectivity index (χ1v) is 10.5. The van der Waals surface area contributed by atoms with Crippen LogP contribution in [0.15, 0.2) is 55.0 Å². The molecular formula is C23H27N5S. The molecule has 1 saturated heterocycles. The lowest BCUT2D eigenvalue weighted by molar-refractivity contribution is 0.316. The fourth-order valence-electron chi connectivity index (χ4n) is 4.27. The number of rotatable bonds is 6. The topological polar surface area (TPSA) is 46.0 Å². The van der Waals surface area contributed by atoms with Gasteiger partial charge in [0.1, 0.15) is 0 Å². The summed E-state index contributed by atoms with van der Waals surface area (Å²) < 4.78 is 2.37.